The van der Waals surface area contributed by atoms with Crippen molar-refractivity contribution < 1.29 is 4.79 Å². The molecule has 0 saturated carbocycles. The standard InChI is InChI=1S/C16H14BrN3OS/c17-15-7-6-14(22-15)16(21)18-8-13-9-19-20(11-13)10-12-4-2-1-3-5-12/h1-7,9,11H,8,10H2,(H,18,21). The summed E-state index contributed by atoms with van der Waals surface area (Å²) in [5.74, 6) is -0.0634. The second kappa shape index (κ2) is 6.89. The van der Waals surface area contributed by atoms with E-state index < -0.39 is 0 Å². The molecule has 0 atom stereocenters. The average Bonchev–Trinajstić information content (AvgIpc) is 3.15. The van der Waals surface area contributed by atoms with Gasteiger partial charge in [0.15, 0.2) is 0 Å². The Kier molecular flexibility index (Phi) is 4.70. The number of thiophene rings is 1. The Morgan fingerprint density at radius 1 is 1.18 bits per heavy atom. The Morgan fingerprint density at radius 2 is 2.00 bits per heavy atom. The summed E-state index contributed by atoms with van der Waals surface area (Å²) >= 11 is 4.78. The molecular formula is C16H14BrN3OS. The number of carbonyl (C=O) groups is 1. The van der Waals surface area contributed by atoms with Crippen molar-refractivity contribution in [3.63, 3.8) is 0 Å². The van der Waals surface area contributed by atoms with Crippen LogP contribution in [0.5, 0.6) is 0 Å². The van der Waals surface area contributed by atoms with Crippen LogP contribution in [0.25, 0.3) is 0 Å². The minimum absolute atomic E-state index is 0.0634. The third kappa shape index (κ3) is 3.84. The van der Waals surface area contributed by atoms with Crippen LogP contribution in [-0.2, 0) is 13.1 Å². The van der Waals surface area contributed by atoms with Gasteiger partial charge < -0.3 is 5.32 Å². The van der Waals surface area contributed by atoms with Crippen LogP contribution in [0.15, 0.2) is 58.6 Å². The number of aromatic nitrogens is 2. The highest BCUT2D eigenvalue weighted by Crippen LogP contribution is 2.21. The molecule has 6 heteroatoms. The molecular weight excluding hydrogens is 362 g/mol. The summed E-state index contributed by atoms with van der Waals surface area (Å²) < 4.78 is 2.83. The molecule has 22 heavy (non-hydrogen) atoms. The van der Waals surface area contributed by atoms with E-state index >= 15 is 0 Å². The van der Waals surface area contributed by atoms with E-state index in [1.807, 2.05) is 41.2 Å². The molecule has 1 aromatic carbocycles. The van der Waals surface area contributed by atoms with E-state index in [0.29, 0.717) is 11.4 Å². The highest BCUT2D eigenvalue weighted by molar-refractivity contribution is 9.11. The molecule has 112 valence electrons. The first-order chi connectivity index (χ1) is 10.7. The number of nitrogens with zero attached hydrogens (tertiary/aromatic N) is 2. The van der Waals surface area contributed by atoms with Gasteiger partial charge in [-0.05, 0) is 33.6 Å². The van der Waals surface area contributed by atoms with Crippen molar-refractivity contribution in [3.8, 4) is 0 Å². The molecule has 2 heterocycles. The lowest BCUT2D eigenvalue weighted by Crippen LogP contribution is -2.21. The first-order valence-electron chi connectivity index (χ1n) is 6.79. The molecule has 0 bridgehead atoms. The Morgan fingerprint density at radius 3 is 2.73 bits per heavy atom. The summed E-state index contributed by atoms with van der Waals surface area (Å²) in [5.41, 5.74) is 2.18. The Balaban J connectivity index is 1.57. The number of amides is 1. The number of hydrogen-bond donors (Lipinski definition) is 1. The summed E-state index contributed by atoms with van der Waals surface area (Å²) in [7, 11) is 0. The number of rotatable bonds is 5. The summed E-state index contributed by atoms with van der Waals surface area (Å²) in [5, 5.41) is 7.23. The van der Waals surface area contributed by atoms with Crippen LogP contribution < -0.4 is 5.32 Å². The SMILES string of the molecule is O=C(NCc1cnn(Cc2ccccc2)c1)c1ccc(Br)s1. The van der Waals surface area contributed by atoms with Crippen LogP contribution in [0.3, 0.4) is 0 Å². The van der Waals surface area contributed by atoms with Gasteiger partial charge in [0.2, 0.25) is 0 Å². The van der Waals surface area contributed by atoms with Crippen molar-refractivity contribution in [2.24, 2.45) is 0 Å². The molecule has 0 spiro atoms. The van der Waals surface area contributed by atoms with Crippen LogP contribution in [-0.4, -0.2) is 15.7 Å². The second-order valence-electron chi connectivity index (χ2n) is 4.82. The number of benzene rings is 1. The Labute approximate surface area is 140 Å². The average molecular weight is 376 g/mol. The van der Waals surface area contributed by atoms with Gasteiger partial charge >= 0.3 is 0 Å². The third-order valence-electron chi connectivity index (χ3n) is 3.12. The van der Waals surface area contributed by atoms with Gasteiger partial charge in [0.1, 0.15) is 0 Å². The van der Waals surface area contributed by atoms with Crippen molar-refractivity contribution in [1.29, 1.82) is 0 Å². The highest BCUT2D eigenvalue weighted by Gasteiger charge is 2.08. The monoisotopic (exact) mass is 375 g/mol. The third-order valence-corrected chi connectivity index (χ3v) is 4.75. The van der Waals surface area contributed by atoms with E-state index in [9.17, 15) is 4.79 Å². The summed E-state index contributed by atoms with van der Waals surface area (Å²) in [6.45, 7) is 1.20. The van der Waals surface area contributed by atoms with Gasteiger partial charge in [-0.3, -0.25) is 9.48 Å². The van der Waals surface area contributed by atoms with Gasteiger partial charge in [-0.2, -0.15) is 5.10 Å². The van der Waals surface area contributed by atoms with Gasteiger partial charge in [0, 0.05) is 18.3 Å². The molecule has 0 aliphatic carbocycles. The molecule has 3 rings (SSSR count). The Bertz CT molecular complexity index is 767. The zero-order valence-corrected chi connectivity index (χ0v) is 14.1. The maximum Gasteiger partial charge on any atom is 0.261 e. The van der Waals surface area contributed by atoms with Crippen LogP contribution >= 0.6 is 27.3 Å². The molecule has 0 aliphatic rings. The summed E-state index contributed by atoms with van der Waals surface area (Å²) in [4.78, 5) is 12.7. The van der Waals surface area contributed by atoms with Crippen LogP contribution in [0, 0.1) is 0 Å². The molecule has 0 unspecified atom stereocenters. The van der Waals surface area contributed by atoms with Crippen molar-refractivity contribution in [1.82, 2.24) is 15.1 Å². The second-order valence-corrected chi connectivity index (χ2v) is 7.28. The number of hydrogen-bond acceptors (Lipinski definition) is 3. The van der Waals surface area contributed by atoms with Crippen LogP contribution in [0.1, 0.15) is 20.8 Å². The van der Waals surface area contributed by atoms with E-state index in [1.165, 1.54) is 16.9 Å². The summed E-state index contributed by atoms with van der Waals surface area (Å²) in [6, 6.07) is 13.8. The minimum atomic E-state index is -0.0634. The fourth-order valence-corrected chi connectivity index (χ4v) is 3.36. The molecule has 0 aliphatic heterocycles. The van der Waals surface area contributed by atoms with Gasteiger partial charge in [0.25, 0.3) is 5.91 Å². The Hall–Kier alpha value is -1.92. The van der Waals surface area contributed by atoms with Crippen LogP contribution in [0.4, 0.5) is 0 Å². The van der Waals surface area contributed by atoms with E-state index in [2.05, 4.69) is 38.5 Å². The van der Waals surface area contributed by atoms with Crippen molar-refractivity contribution in [2.75, 3.05) is 0 Å². The minimum Gasteiger partial charge on any atom is -0.347 e. The van der Waals surface area contributed by atoms with E-state index in [4.69, 9.17) is 0 Å². The maximum atomic E-state index is 12.0. The molecule has 4 nitrogen and oxygen atoms in total. The molecule has 3 aromatic rings. The normalized spacial score (nSPS) is 10.6. The fourth-order valence-electron chi connectivity index (χ4n) is 2.06. The lowest BCUT2D eigenvalue weighted by atomic mass is 10.2. The largest absolute Gasteiger partial charge is 0.347 e. The van der Waals surface area contributed by atoms with Gasteiger partial charge in [-0.1, -0.05) is 30.3 Å². The zero-order chi connectivity index (χ0) is 15.4. The lowest BCUT2D eigenvalue weighted by molar-refractivity contribution is 0.0955. The highest BCUT2D eigenvalue weighted by atomic mass is 79.9. The number of halogens is 1. The molecule has 0 radical (unpaired) electrons. The van der Waals surface area contributed by atoms with Crippen molar-refractivity contribution in [3.05, 3.63) is 74.6 Å². The molecule has 0 saturated heterocycles. The van der Waals surface area contributed by atoms with Crippen LogP contribution in [0.2, 0.25) is 0 Å². The quantitative estimate of drug-likeness (QED) is 0.739. The first kappa shape index (κ1) is 15.0. The van der Waals surface area contributed by atoms with Crippen molar-refractivity contribution >= 4 is 33.2 Å². The molecule has 1 amide bonds. The number of nitrogens with one attached hydrogen (secondary N) is 1. The molecule has 2 aromatic heterocycles. The van der Waals surface area contributed by atoms with Crippen molar-refractivity contribution in [2.45, 2.75) is 13.1 Å². The predicted molar refractivity (Wildman–Crippen MR) is 91.0 cm³/mol. The predicted octanol–water partition coefficient (Wildman–Crippen LogP) is 3.69. The van der Waals surface area contributed by atoms with E-state index in [-0.39, 0.29) is 5.91 Å². The lowest BCUT2D eigenvalue weighted by Gasteiger charge is -2.02. The maximum absolute atomic E-state index is 12.0. The molecule has 1 N–H and O–H groups in total. The topological polar surface area (TPSA) is 46.9 Å². The smallest absolute Gasteiger partial charge is 0.261 e. The van der Waals surface area contributed by atoms with Gasteiger partial charge in [0.05, 0.1) is 21.4 Å². The van der Waals surface area contributed by atoms with Gasteiger partial charge in [-0.25, -0.2) is 0 Å². The van der Waals surface area contributed by atoms with E-state index in [0.717, 1.165) is 15.9 Å². The first-order valence-corrected chi connectivity index (χ1v) is 8.40. The van der Waals surface area contributed by atoms with E-state index in [1.54, 1.807) is 6.20 Å². The molecule has 0 fully saturated rings. The zero-order valence-electron chi connectivity index (χ0n) is 11.7. The summed E-state index contributed by atoms with van der Waals surface area (Å²) in [6.07, 6.45) is 3.74. The fraction of sp³-hybridized carbons (Fsp3) is 0.125. The van der Waals surface area contributed by atoms with Gasteiger partial charge in [-0.15, -0.1) is 11.3 Å². The number of carbonyl (C=O) groups excluding carboxylic acids is 1.